The van der Waals surface area contributed by atoms with Crippen molar-refractivity contribution in [3.8, 4) is 5.75 Å². The van der Waals surface area contributed by atoms with Crippen molar-refractivity contribution in [2.75, 3.05) is 13.7 Å². The summed E-state index contributed by atoms with van der Waals surface area (Å²) in [6.07, 6.45) is 1.57. The molecular weight excluding hydrogens is 268 g/mol. The Balaban J connectivity index is 2.67. The first-order valence-corrected chi connectivity index (χ1v) is 6.73. The molecule has 0 fully saturated rings. The molecule has 5 heteroatoms. The van der Waals surface area contributed by atoms with Crippen molar-refractivity contribution in [2.24, 2.45) is 5.41 Å². The average molecular weight is 290 g/mol. The van der Waals surface area contributed by atoms with E-state index in [4.69, 9.17) is 4.74 Å². The van der Waals surface area contributed by atoms with E-state index in [1.54, 1.807) is 27.0 Å². The van der Waals surface area contributed by atoms with Gasteiger partial charge in [0.15, 0.2) is 0 Å². The van der Waals surface area contributed by atoms with Gasteiger partial charge < -0.3 is 15.4 Å². The van der Waals surface area contributed by atoms with Gasteiger partial charge in [-0.25, -0.2) is 0 Å². The Hall–Kier alpha value is -2.30. The Kier molecular flexibility index (Phi) is 5.96. The van der Waals surface area contributed by atoms with E-state index in [1.807, 2.05) is 24.3 Å². The Morgan fingerprint density at radius 1 is 1.24 bits per heavy atom. The minimum absolute atomic E-state index is 0.307. The molecule has 0 atom stereocenters. The second-order valence-corrected chi connectivity index (χ2v) is 5.12. The van der Waals surface area contributed by atoms with Crippen molar-refractivity contribution in [2.45, 2.75) is 20.4 Å². The first kappa shape index (κ1) is 16.8. The zero-order chi connectivity index (χ0) is 15.9. The molecule has 0 saturated carbocycles. The third kappa shape index (κ3) is 4.34. The normalized spacial score (nSPS) is 10.6. The van der Waals surface area contributed by atoms with Crippen molar-refractivity contribution >= 4 is 11.8 Å². The lowest BCUT2D eigenvalue weighted by atomic mass is 9.91. The van der Waals surface area contributed by atoms with Crippen LogP contribution < -0.4 is 15.4 Å². The van der Waals surface area contributed by atoms with E-state index in [-0.39, 0.29) is 11.8 Å². The minimum Gasteiger partial charge on any atom is -0.496 e. The fourth-order valence-corrected chi connectivity index (χ4v) is 1.73. The van der Waals surface area contributed by atoms with Gasteiger partial charge in [-0.05, 0) is 19.9 Å². The van der Waals surface area contributed by atoms with Gasteiger partial charge in [0.2, 0.25) is 11.8 Å². The summed E-state index contributed by atoms with van der Waals surface area (Å²) in [7, 11) is 1.58. The minimum atomic E-state index is -1.15. The number of benzene rings is 1. The second kappa shape index (κ2) is 7.47. The molecule has 1 rings (SSSR count). The van der Waals surface area contributed by atoms with Gasteiger partial charge >= 0.3 is 0 Å². The van der Waals surface area contributed by atoms with Gasteiger partial charge in [0, 0.05) is 18.7 Å². The van der Waals surface area contributed by atoms with Crippen LogP contribution in [0.1, 0.15) is 19.4 Å². The van der Waals surface area contributed by atoms with Crippen LogP contribution in [0.5, 0.6) is 5.75 Å². The van der Waals surface area contributed by atoms with Crippen LogP contribution in [-0.4, -0.2) is 25.5 Å². The van der Waals surface area contributed by atoms with E-state index in [0.29, 0.717) is 18.8 Å². The third-order valence-corrected chi connectivity index (χ3v) is 3.17. The van der Waals surface area contributed by atoms with Crippen LogP contribution in [0.2, 0.25) is 0 Å². The standard InChI is InChI=1S/C16H22N2O3/c1-5-10-17-14(19)16(2,3)15(20)18-11-12-8-6-7-9-13(12)21-4/h5-9H,1,10-11H2,2-4H3,(H,17,19)(H,18,20). The Labute approximate surface area is 125 Å². The van der Waals surface area contributed by atoms with E-state index in [2.05, 4.69) is 17.2 Å². The van der Waals surface area contributed by atoms with Crippen LogP contribution in [0, 0.1) is 5.41 Å². The number of carbonyl (C=O) groups excluding carboxylic acids is 2. The van der Waals surface area contributed by atoms with Crippen LogP contribution in [0.4, 0.5) is 0 Å². The second-order valence-electron chi connectivity index (χ2n) is 5.12. The van der Waals surface area contributed by atoms with Gasteiger partial charge in [0.1, 0.15) is 11.2 Å². The van der Waals surface area contributed by atoms with E-state index in [1.165, 1.54) is 0 Å². The monoisotopic (exact) mass is 290 g/mol. The molecule has 0 aliphatic carbocycles. The lowest BCUT2D eigenvalue weighted by molar-refractivity contribution is -0.141. The van der Waals surface area contributed by atoms with E-state index in [0.717, 1.165) is 5.56 Å². The van der Waals surface area contributed by atoms with E-state index in [9.17, 15) is 9.59 Å². The molecule has 21 heavy (non-hydrogen) atoms. The SMILES string of the molecule is C=CCNC(=O)C(C)(C)C(=O)NCc1ccccc1OC. The molecular formula is C16H22N2O3. The number of para-hydroxylation sites is 1. The highest BCUT2D eigenvalue weighted by Gasteiger charge is 2.35. The number of hydrogen-bond acceptors (Lipinski definition) is 3. The van der Waals surface area contributed by atoms with Crippen LogP contribution in [0.3, 0.4) is 0 Å². The smallest absolute Gasteiger partial charge is 0.235 e. The van der Waals surface area contributed by atoms with Crippen molar-refractivity contribution in [1.82, 2.24) is 10.6 Å². The van der Waals surface area contributed by atoms with Crippen molar-refractivity contribution < 1.29 is 14.3 Å². The van der Waals surface area contributed by atoms with Crippen LogP contribution in [0.25, 0.3) is 0 Å². The molecule has 5 nitrogen and oxygen atoms in total. The number of ether oxygens (including phenoxy) is 1. The molecule has 0 unspecified atom stereocenters. The fourth-order valence-electron chi connectivity index (χ4n) is 1.73. The lowest BCUT2D eigenvalue weighted by Crippen LogP contribution is -2.47. The predicted molar refractivity (Wildman–Crippen MR) is 81.8 cm³/mol. The molecule has 114 valence electrons. The topological polar surface area (TPSA) is 67.4 Å². The molecule has 0 aliphatic heterocycles. The van der Waals surface area contributed by atoms with Gasteiger partial charge in [-0.1, -0.05) is 24.3 Å². The molecule has 0 heterocycles. The number of amides is 2. The Bertz CT molecular complexity index is 524. The van der Waals surface area contributed by atoms with Gasteiger partial charge in [-0.15, -0.1) is 6.58 Å². The van der Waals surface area contributed by atoms with Gasteiger partial charge in [-0.3, -0.25) is 9.59 Å². The number of carbonyl (C=O) groups is 2. The molecule has 2 amide bonds. The highest BCUT2D eigenvalue weighted by atomic mass is 16.5. The zero-order valence-corrected chi connectivity index (χ0v) is 12.7. The molecule has 1 aromatic carbocycles. The zero-order valence-electron chi connectivity index (χ0n) is 12.7. The van der Waals surface area contributed by atoms with Crippen molar-refractivity contribution in [3.05, 3.63) is 42.5 Å². The largest absolute Gasteiger partial charge is 0.496 e. The number of nitrogens with one attached hydrogen (secondary N) is 2. The molecule has 0 saturated heterocycles. The van der Waals surface area contributed by atoms with Crippen molar-refractivity contribution in [1.29, 1.82) is 0 Å². The first-order valence-electron chi connectivity index (χ1n) is 6.73. The maximum atomic E-state index is 12.2. The summed E-state index contributed by atoms with van der Waals surface area (Å²) in [4.78, 5) is 24.2. The Morgan fingerprint density at radius 3 is 2.48 bits per heavy atom. The molecule has 0 aromatic heterocycles. The van der Waals surface area contributed by atoms with Crippen LogP contribution in [-0.2, 0) is 16.1 Å². The third-order valence-electron chi connectivity index (χ3n) is 3.17. The van der Waals surface area contributed by atoms with Crippen molar-refractivity contribution in [3.63, 3.8) is 0 Å². The Morgan fingerprint density at radius 2 is 1.86 bits per heavy atom. The van der Waals surface area contributed by atoms with Gasteiger partial charge in [0.25, 0.3) is 0 Å². The molecule has 2 N–H and O–H groups in total. The maximum absolute atomic E-state index is 12.2. The number of rotatable bonds is 7. The van der Waals surface area contributed by atoms with Crippen LogP contribution >= 0.6 is 0 Å². The summed E-state index contributed by atoms with van der Waals surface area (Å²) in [5.41, 5.74) is -0.291. The highest BCUT2D eigenvalue weighted by Crippen LogP contribution is 2.19. The molecule has 1 aromatic rings. The summed E-state index contributed by atoms with van der Waals surface area (Å²) in [6.45, 7) is 7.34. The maximum Gasteiger partial charge on any atom is 0.235 e. The quantitative estimate of drug-likeness (QED) is 0.592. The lowest BCUT2D eigenvalue weighted by Gasteiger charge is -2.22. The number of methoxy groups -OCH3 is 1. The van der Waals surface area contributed by atoms with E-state index >= 15 is 0 Å². The van der Waals surface area contributed by atoms with Crippen LogP contribution in [0.15, 0.2) is 36.9 Å². The predicted octanol–water partition coefficient (Wildman–Crippen LogP) is 1.64. The first-order chi connectivity index (χ1) is 9.93. The molecule has 0 radical (unpaired) electrons. The van der Waals surface area contributed by atoms with Gasteiger partial charge in [-0.2, -0.15) is 0 Å². The molecule has 0 spiro atoms. The number of hydrogen-bond donors (Lipinski definition) is 2. The average Bonchev–Trinajstić information content (AvgIpc) is 2.50. The molecule has 0 aliphatic rings. The summed E-state index contributed by atoms with van der Waals surface area (Å²) >= 11 is 0. The molecule has 0 bridgehead atoms. The van der Waals surface area contributed by atoms with Gasteiger partial charge in [0.05, 0.1) is 7.11 Å². The summed E-state index contributed by atoms with van der Waals surface area (Å²) in [5.74, 6) is 0.0293. The summed E-state index contributed by atoms with van der Waals surface area (Å²) < 4.78 is 5.22. The summed E-state index contributed by atoms with van der Waals surface area (Å²) in [6, 6.07) is 7.41. The summed E-state index contributed by atoms with van der Waals surface area (Å²) in [5, 5.41) is 5.40. The fraction of sp³-hybridized carbons (Fsp3) is 0.375. The van der Waals surface area contributed by atoms with E-state index < -0.39 is 5.41 Å². The highest BCUT2D eigenvalue weighted by molar-refractivity contribution is 6.04.